The molecule has 9 nitrogen and oxygen atoms in total. The molecule has 0 fully saturated rings. The lowest BCUT2D eigenvalue weighted by molar-refractivity contribution is -0.143. The van der Waals surface area contributed by atoms with Crippen LogP contribution in [0, 0.1) is 44.4 Å². The summed E-state index contributed by atoms with van der Waals surface area (Å²) >= 11 is 1.34. The minimum Gasteiger partial charge on any atom is -0.487 e. The molecule has 0 saturated heterocycles. The molecule has 0 saturated carbocycles. The highest BCUT2D eigenvalue weighted by atomic mass is 32.2. The molecule has 0 radical (unpaired) electrons. The number of thioether (sulfide) groups is 1. The maximum absolute atomic E-state index is 13.4. The van der Waals surface area contributed by atoms with Gasteiger partial charge in [0.15, 0.2) is 0 Å². The maximum atomic E-state index is 13.4. The number of amides is 1. The van der Waals surface area contributed by atoms with Gasteiger partial charge in [-0.15, -0.1) is 0 Å². The van der Waals surface area contributed by atoms with Crippen molar-refractivity contribution in [3.05, 3.63) is 22.3 Å². The monoisotopic (exact) mass is 712 g/mol. The van der Waals surface area contributed by atoms with Gasteiger partial charge in [0.25, 0.3) is 10.1 Å². The van der Waals surface area contributed by atoms with Gasteiger partial charge in [-0.25, -0.2) is 0 Å². The SMILES string of the molecule is Cc1c(C)c2c(c(C)c1OC(=O)C(CSCCN)C(=O)NCCS(=O)(=O)O)CCC(C)(CCCC(C)CCCC(C)CCCC(C)C)O2. The van der Waals surface area contributed by atoms with Crippen molar-refractivity contribution in [2.24, 2.45) is 29.4 Å². The number of nitrogens with one attached hydrogen (secondary N) is 1. The first-order chi connectivity index (χ1) is 22.5. The smallest absolute Gasteiger partial charge is 0.324 e. The molecule has 11 heteroatoms. The lowest BCUT2D eigenvalue weighted by atomic mass is 9.83. The standard InChI is InChI=1S/C37H64N2O7S2/c1-25(2)12-9-13-26(3)14-10-15-27(4)16-11-18-37(8)19-17-31-30(7)33(28(5)29(6)34(31)46-37)45-36(41)32(24-47-22-20-38)35(40)39-21-23-48(42,43)44/h25-27,32H,9-24,38H2,1-8H3,(H,39,40)(H,42,43,44). The molecular formula is C37H64N2O7S2. The van der Waals surface area contributed by atoms with Crippen LogP contribution in [0.4, 0.5) is 0 Å². The molecule has 1 aliphatic heterocycles. The number of benzene rings is 1. The zero-order valence-corrected chi connectivity index (χ0v) is 32.5. The summed E-state index contributed by atoms with van der Waals surface area (Å²) in [7, 11) is -4.25. The molecule has 1 aromatic rings. The van der Waals surface area contributed by atoms with Gasteiger partial charge in [-0.2, -0.15) is 20.2 Å². The van der Waals surface area contributed by atoms with Crippen molar-refractivity contribution >= 4 is 33.8 Å². The number of hydrogen-bond donors (Lipinski definition) is 3. The van der Waals surface area contributed by atoms with Crippen LogP contribution < -0.4 is 20.5 Å². The summed E-state index contributed by atoms with van der Waals surface area (Å²) in [6.07, 6.45) is 12.9. The molecule has 4 unspecified atom stereocenters. The van der Waals surface area contributed by atoms with E-state index in [0.717, 1.165) is 65.5 Å². The van der Waals surface area contributed by atoms with Crippen LogP contribution in [0.15, 0.2) is 0 Å². The van der Waals surface area contributed by atoms with Crippen LogP contribution in [0.5, 0.6) is 11.5 Å². The van der Waals surface area contributed by atoms with Crippen molar-refractivity contribution in [1.29, 1.82) is 0 Å². The summed E-state index contributed by atoms with van der Waals surface area (Å²) in [6.45, 7) is 17.5. The Morgan fingerprint density at radius 1 is 0.979 bits per heavy atom. The summed E-state index contributed by atoms with van der Waals surface area (Å²) < 4.78 is 43.9. The van der Waals surface area contributed by atoms with Gasteiger partial charge >= 0.3 is 5.97 Å². The van der Waals surface area contributed by atoms with E-state index in [1.165, 1.54) is 56.7 Å². The first kappa shape index (κ1) is 42.3. The van der Waals surface area contributed by atoms with Gasteiger partial charge in [0.2, 0.25) is 5.91 Å². The molecule has 1 amide bonds. The van der Waals surface area contributed by atoms with Crippen molar-refractivity contribution < 1.29 is 32.0 Å². The third-order valence-corrected chi connectivity index (χ3v) is 11.7. The third kappa shape index (κ3) is 14.2. The van der Waals surface area contributed by atoms with E-state index in [0.29, 0.717) is 24.0 Å². The number of rotatable bonds is 22. The van der Waals surface area contributed by atoms with E-state index in [2.05, 4.69) is 39.9 Å². The van der Waals surface area contributed by atoms with Crippen molar-refractivity contribution in [2.75, 3.05) is 30.3 Å². The van der Waals surface area contributed by atoms with E-state index in [1.54, 1.807) is 0 Å². The van der Waals surface area contributed by atoms with E-state index in [1.807, 2.05) is 20.8 Å². The maximum Gasteiger partial charge on any atom is 0.324 e. The number of ether oxygens (including phenoxy) is 2. The fourth-order valence-corrected chi connectivity index (χ4v) is 7.76. The molecule has 4 atom stereocenters. The van der Waals surface area contributed by atoms with Crippen LogP contribution in [0.25, 0.3) is 0 Å². The summed E-state index contributed by atoms with van der Waals surface area (Å²) in [5.74, 6) is 1.12. The van der Waals surface area contributed by atoms with Crippen LogP contribution in [-0.4, -0.2) is 60.8 Å². The highest BCUT2D eigenvalue weighted by Gasteiger charge is 2.36. The Balaban J connectivity index is 2.02. The Bertz CT molecular complexity index is 1300. The first-order valence-electron chi connectivity index (χ1n) is 18.0. The average molecular weight is 713 g/mol. The zero-order chi connectivity index (χ0) is 36.1. The van der Waals surface area contributed by atoms with Crippen LogP contribution in [0.3, 0.4) is 0 Å². The second-order valence-corrected chi connectivity index (χ2v) is 17.6. The average Bonchev–Trinajstić information content (AvgIpc) is 2.99. The minimum atomic E-state index is -4.25. The lowest BCUT2D eigenvalue weighted by Gasteiger charge is -2.38. The number of fused-ring (bicyclic) bond motifs is 1. The van der Waals surface area contributed by atoms with Crippen LogP contribution >= 0.6 is 11.8 Å². The third-order valence-electron chi connectivity index (χ3n) is 9.85. The Labute approximate surface area is 295 Å². The van der Waals surface area contributed by atoms with E-state index in [-0.39, 0.29) is 17.9 Å². The van der Waals surface area contributed by atoms with Gasteiger partial charge in [0.05, 0.1) is 5.75 Å². The fourth-order valence-electron chi connectivity index (χ4n) is 6.55. The van der Waals surface area contributed by atoms with Gasteiger partial charge in [0.1, 0.15) is 23.0 Å². The molecule has 48 heavy (non-hydrogen) atoms. The van der Waals surface area contributed by atoms with Gasteiger partial charge in [-0.05, 0) is 87.8 Å². The van der Waals surface area contributed by atoms with Crippen molar-refractivity contribution in [3.63, 3.8) is 0 Å². The molecule has 276 valence electrons. The van der Waals surface area contributed by atoms with Crippen LogP contribution in [-0.2, 0) is 26.1 Å². The minimum absolute atomic E-state index is 0.132. The van der Waals surface area contributed by atoms with Crippen molar-refractivity contribution in [2.45, 2.75) is 132 Å². The molecule has 0 aliphatic carbocycles. The lowest BCUT2D eigenvalue weighted by Crippen LogP contribution is -2.41. The van der Waals surface area contributed by atoms with Gasteiger partial charge in [0, 0.05) is 30.2 Å². The molecule has 1 aliphatic rings. The van der Waals surface area contributed by atoms with E-state index in [4.69, 9.17) is 19.8 Å². The number of hydrogen-bond acceptors (Lipinski definition) is 8. The predicted octanol–water partition coefficient (Wildman–Crippen LogP) is 7.35. The summed E-state index contributed by atoms with van der Waals surface area (Å²) in [4.78, 5) is 26.3. The fraction of sp³-hybridized carbons (Fsp3) is 0.784. The normalized spacial score (nSPS) is 18.1. The predicted molar refractivity (Wildman–Crippen MR) is 198 cm³/mol. The van der Waals surface area contributed by atoms with Gasteiger partial charge in [-0.1, -0.05) is 72.6 Å². The summed E-state index contributed by atoms with van der Waals surface area (Å²) in [5, 5.41) is 2.44. The van der Waals surface area contributed by atoms with E-state index < -0.39 is 33.7 Å². The molecular weight excluding hydrogens is 649 g/mol. The van der Waals surface area contributed by atoms with Gasteiger partial charge < -0.3 is 20.5 Å². The number of carbonyl (C=O) groups excluding carboxylic acids is 2. The molecule has 1 heterocycles. The number of carbonyl (C=O) groups is 2. The van der Waals surface area contributed by atoms with Crippen LogP contribution in [0.2, 0.25) is 0 Å². The molecule has 0 spiro atoms. The van der Waals surface area contributed by atoms with E-state index >= 15 is 0 Å². The Morgan fingerprint density at radius 2 is 1.58 bits per heavy atom. The molecule has 1 aromatic carbocycles. The van der Waals surface area contributed by atoms with Crippen molar-refractivity contribution in [3.8, 4) is 11.5 Å². The molecule has 4 N–H and O–H groups in total. The quantitative estimate of drug-likeness (QED) is 0.0369. The van der Waals surface area contributed by atoms with Crippen LogP contribution in [0.1, 0.15) is 121 Å². The second-order valence-electron chi connectivity index (χ2n) is 14.8. The number of nitrogens with two attached hydrogens (primary N) is 1. The summed E-state index contributed by atoms with van der Waals surface area (Å²) in [6, 6.07) is 0. The number of esters is 1. The second kappa shape index (κ2) is 20.1. The highest BCUT2D eigenvalue weighted by Crippen LogP contribution is 2.45. The topological polar surface area (TPSA) is 145 Å². The Kier molecular flexibility index (Phi) is 17.8. The summed E-state index contributed by atoms with van der Waals surface area (Å²) in [5.41, 5.74) is 8.91. The largest absolute Gasteiger partial charge is 0.487 e. The first-order valence-corrected chi connectivity index (χ1v) is 20.8. The van der Waals surface area contributed by atoms with Crippen molar-refractivity contribution in [1.82, 2.24) is 5.32 Å². The molecule has 0 aromatic heterocycles. The zero-order valence-electron chi connectivity index (χ0n) is 30.9. The molecule has 2 rings (SSSR count). The Morgan fingerprint density at radius 3 is 2.17 bits per heavy atom. The highest BCUT2D eigenvalue weighted by molar-refractivity contribution is 7.99. The van der Waals surface area contributed by atoms with E-state index in [9.17, 15) is 18.0 Å². The van der Waals surface area contributed by atoms with Gasteiger partial charge in [-0.3, -0.25) is 14.1 Å². The molecule has 0 bridgehead atoms. The Hall–Kier alpha value is -1.82.